The van der Waals surface area contributed by atoms with Crippen LogP contribution in [0.4, 0.5) is 0 Å². The third-order valence-corrected chi connectivity index (χ3v) is 4.69. The maximum Gasteiger partial charge on any atom is 0.224 e. The van der Waals surface area contributed by atoms with Crippen LogP contribution in [0.25, 0.3) is 0 Å². The molecule has 0 nitrogen and oxygen atoms in total. The Hall–Kier alpha value is 2.03. The third-order valence-electron chi connectivity index (χ3n) is 1.13. The molecule has 0 saturated carbocycles. The van der Waals surface area contributed by atoms with Crippen LogP contribution in [0.5, 0.6) is 0 Å². The van der Waals surface area contributed by atoms with E-state index in [4.69, 9.17) is 81.2 Å². The molecule has 7 heteroatoms. The molecule has 0 rings (SSSR count). The van der Waals surface area contributed by atoms with Crippen molar-refractivity contribution in [3.05, 3.63) is 0 Å². The molecular weight excluding hydrogens is 308 g/mol. The molecule has 0 heterocycles. The van der Waals surface area contributed by atoms with E-state index in [0.717, 1.165) is 0 Å². The number of hydrogen-bond donors (Lipinski definition) is 0. The maximum absolute atomic E-state index is 5.76. The van der Waals surface area contributed by atoms with E-state index in [1.165, 1.54) is 0 Å². The first kappa shape index (κ1) is 14.0. The van der Waals surface area contributed by atoms with E-state index in [1.54, 1.807) is 0 Å². The van der Waals surface area contributed by atoms with Crippen LogP contribution >= 0.6 is 81.2 Å². The van der Waals surface area contributed by atoms with Gasteiger partial charge in [0.15, 0.2) is 4.33 Å². The van der Waals surface area contributed by atoms with Crippen molar-refractivity contribution in [2.24, 2.45) is 0 Å². The van der Waals surface area contributed by atoms with Crippen LogP contribution < -0.4 is 0 Å². The second-order valence-electron chi connectivity index (χ2n) is 2.07. The number of halogens is 7. The monoisotopic (exact) mass is 310 g/mol. The first-order chi connectivity index (χ1) is 5.23. The maximum atomic E-state index is 5.76. The minimum atomic E-state index is -1.82. The molecule has 0 aliphatic heterocycles. The molecular formula is C5H5Cl7. The summed E-state index contributed by atoms with van der Waals surface area (Å²) in [5.41, 5.74) is 0. The Kier molecular flexibility index (Phi) is 6.09. The van der Waals surface area contributed by atoms with E-state index >= 15 is 0 Å². The fourth-order valence-corrected chi connectivity index (χ4v) is 1.84. The highest BCUT2D eigenvalue weighted by atomic mass is 35.6. The van der Waals surface area contributed by atoms with Crippen LogP contribution in [0.15, 0.2) is 0 Å². The lowest BCUT2D eigenvalue weighted by Gasteiger charge is -2.31. The second kappa shape index (κ2) is 5.21. The highest BCUT2D eigenvalue weighted by molar-refractivity contribution is 6.76. The summed E-state index contributed by atoms with van der Waals surface area (Å²) in [6.07, 6.45) is 0.365. The van der Waals surface area contributed by atoms with E-state index in [2.05, 4.69) is 0 Å². The molecule has 1 unspecified atom stereocenters. The zero-order chi connectivity index (χ0) is 9.99. The van der Waals surface area contributed by atoms with Gasteiger partial charge >= 0.3 is 0 Å². The Labute approximate surface area is 106 Å². The largest absolute Gasteiger partial charge is 0.224 e. The highest BCUT2D eigenvalue weighted by Gasteiger charge is 2.50. The summed E-state index contributed by atoms with van der Waals surface area (Å²) in [5.74, 6) is 0.302. The van der Waals surface area contributed by atoms with Gasteiger partial charge in [0.1, 0.15) is 0 Å². The van der Waals surface area contributed by atoms with Gasteiger partial charge in [-0.3, -0.25) is 0 Å². The zero-order valence-electron chi connectivity index (χ0n) is 5.64. The van der Waals surface area contributed by atoms with Crippen LogP contribution in [0.2, 0.25) is 0 Å². The van der Waals surface area contributed by atoms with E-state index in [9.17, 15) is 0 Å². The first-order valence-electron chi connectivity index (χ1n) is 2.88. The Morgan fingerprint density at radius 1 is 1.00 bits per heavy atom. The zero-order valence-corrected chi connectivity index (χ0v) is 10.9. The van der Waals surface area contributed by atoms with Gasteiger partial charge in [-0.15, -0.1) is 23.2 Å². The van der Waals surface area contributed by atoms with Gasteiger partial charge in [-0.05, 0) is 6.42 Å². The minimum Gasteiger partial charge on any atom is -0.127 e. The van der Waals surface area contributed by atoms with Gasteiger partial charge in [0.05, 0.1) is 5.38 Å². The van der Waals surface area contributed by atoms with Gasteiger partial charge in [0, 0.05) is 5.88 Å². The predicted molar refractivity (Wildman–Crippen MR) is 59.7 cm³/mol. The molecule has 0 saturated heterocycles. The van der Waals surface area contributed by atoms with Crippen molar-refractivity contribution in [1.82, 2.24) is 0 Å². The fraction of sp³-hybridized carbons (Fsp3) is 1.00. The van der Waals surface area contributed by atoms with Gasteiger partial charge in [-0.2, -0.15) is 0 Å². The summed E-state index contributed by atoms with van der Waals surface area (Å²) in [5, 5.41) is -0.703. The average Bonchev–Trinajstić information content (AvgIpc) is 1.85. The molecule has 0 spiro atoms. The predicted octanol–water partition coefficient (Wildman–Crippen LogP) is 4.77. The van der Waals surface area contributed by atoms with Crippen LogP contribution in [0.1, 0.15) is 6.42 Å². The average molecular weight is 313 g/mol. The lowest BCUT2D eigenvalue weighted by molar-refractivity contribution is 0.700. The summed E-state index contributed by atoms with van der Waals surface area (Å²) in [4.78, 5) is 0. The number of hydrogen-bond acceptors (Lipinski definition) is 0. The van der Waals surface area contributed by atoms with Crippen molar-refractivity contribution in [2.75, 3.05) is 5.88 Å². The SMILES string of the molecule is ClCCC(Cl)C(Cl)(Cl)C(Cl)(Cl)Cl. The first-order valence-corrected chi connectivity index (χ1v) is 5.74. The van der Waals surface area contributed by atoms with Crippen LogP contribution in [0.3, 0.4) is 0 Å². The van der Waals surface area contributed by atoms with Gasteiger partial charge in [0.25, 0.3) is 0 Å². The Morgan fingerprint density at radius 2 is 1.42 bits per heavy atom. The van der Waals surface area contributed by atoms with Crippen molar-refractivity contribution in [3.63, 3.8) is 0 Å². The lowest BCUT2D eigenvalue weighted by atomic mass is 10.2. The molecule has 0 amide bonds. The van der Waals surface area contributed by atoms with Crippen molar-refractivity contribution in [2.45, 2.75) is 19.9 Å². The molecule has 1 atom stereocenters. The van der Waals surface area contributed by atoms with Gasteiger partial charge in [-0.1, -0.05) is 58.0 Å². The van der Waals surface area contributed by atoms with Gasteiger partial charge < -0.3 is 0 Å². The quantitative estimate of drug-likeness (QED) is 0.659. The summed E-state index contributed by atoms with van der Waals surface area (Å²) >= 11 is 39.1. The van der Waals surface area contributed by atoms with Crippen LogP contribution in [-0.4, -0.2) is 19.4 Å². The van der Waals surface area contributed by atoms with E-state index in [0.29, 0.717) is 12.3 Å². The molecule has 0 aromatic carbocycles. The fourth-order valence-electron chi connectivity index (χ4n) is 0.455. The van der Waals surface area contributed by atoms with Crippen molar-refractivity contribution in [3.8, 4) is 0 Å². The molecule has 74 valence electrons. The molecule has 0 bridgehead atoms. The highest BCUT2D eigenvalue weighted by Crippen LogP contribution is 2.50. The molecule has 0 aliphatic carbocycles. The van der Waals surface area contributed by atoms with Gasteiger partial charge in [0.2, 0.25) is 3.79 Å². The lowest BCUT2D eigenvalue weighted by Crippen LogP contribution is -2.40. The van der Waals surface area contributed by atoms with Crippen molar-refractivity contribution in [1.29, 1.82) is 0 Å². The number of rotatable bonds is 3. The topological polar surface area (TPSA) is 0 Å². The summed E-state index contributed by atoms with van der Waals surface area (Å²) in [7, 11) is 0. The molecule has 12 heavy (non-hydrogen) atoms. The smallest absolute Gasteiger partial charge is 0.127 e. The minimum absolute atomic E-state index is 0.302. The molecule has 0 aromatic rings. The molecule has 0 radical (unpaired) electrons. The van der Waals surface area contributed by atoms with Crippen LogP contribution in [-0.2, 0) is 0 Å². The molecule has 0 fully saturated rings. The Morgan fingerprint density at radius 3 is 1.67 bits per heavy atom. The van der Waals surface area contributed by atoms with Gasteiger partial charge in [-0.25, -0.2) is 0 Å². The molecule has 0 N–H and O–H groups in total. The van der Waals surface area contributed by atoms with E-state index in [1.807, 2.05) is 0 Å². The second-order valence-corrected chi connectivity index (χ2v) is 6.64. The van der Waals surface area contributed by atoms with Crippen molar-refractivity contribution >= 4 is 81.2 Å². The summed E-state index contributed by atoms with van der Waals surface area (Å²) in [6, 6.07) is 0. The van der Waals surface area contributed by atoms with E-state index in [-0.39, 0.29) is 0 Å². The summed E-state index contributed by atoms with van der Waals surface area (Å²) < 4.78 is -3.46. The van der Waals surface area contributed by atoms with Crippen LogP contribution in [0, 0.1) is 0 Å². The molecule has 0 aliphatic rings. The summed E-state index contributed by atoms with van der Waals surface area (Å²) in [6.45, 7) is 0. The van der Waals surface area contributed by atoms with Crippen molar-refractivity contribution < 1.29 is 0 Å². The Balaban J connectivity index is 4.38. The van der Waals surface area contributed by atoms with E-state index < -0.39 is 13.5 Å². The third kappa shape index (κ3) is 3.65. The normalized spacial score (nSPS) is 16.2. The molecule has 0 aromatic heterocycles. The Bertz CT molecular complexity index is 137. The standard InChI is InChI=1S/C5H5Cl7/c6-2-1-3(7)4(8,9)5(10,11)12/h3H,1-2H2. The number of alkyl halides is 7.